The van der Waals surface area contributed by atoms with Crippen molar-refractivity contribution in [1.82, 2.24) is 9.88 Å². The number of benzene rings is 2. The Labute approximate surface area is 246 Å². The van der Waals surface area contributed by atoms with Gasteiger partial charge in [-0.05, 0) is 74.2 Å². The third-order valence-electron chi connectivity index (χ3n) is 8.40. The number of primary amides is 1. The number of hydrogen-bond acceptors (Lipinski definition) is 6. The average molecular weight is 576 g/mol. The molecule has 2 aliphatic rings. The summed E-state index contributed by atoms with van der Waals surface area (Å²) in [7, 11) is 0. The molecule has 1 amide bonds. The molecule has 2 aliphatic heterocycles. The zero-order valence-electron chi connectivity index (χ0n) is 24.1. The molecule has 0 radical (unpaired) electrons. The largest absolute Gasteiger partial charge is 0.487 e. The summed E-state index contributed by atoms with van der Waals surface area (Å²) < 4.78 is 12.1. The number of likely N-dealkylation sites (tertiary alicyclic amines) is 1. The molecular formula is C33H38ClN3O4. The Bertz CT molecular complexity index is 1470. The molecule has 5 rings (SSSR count). The summed E-state index contributed by atoms with van der Waals surface area (Å²) in [5, 5.41) is 12.4. The molecule has 3 heterocycles. The van der Waals surface area contributed by atoms with Crippen LogP contribution in [0, 0.1) is 5.41 Å². The van der Waals surface area contributed by atoms with E-state index in [2.05, 4.69) is 35.9 Å². The van der Waals surface area contributed by atoms with Crippen LogP contribution in [-0.4, -0.2) is 46.1 Å². The molecule has 1 fully saturated rings. The fourth-order valence-electron chi connectivity index (χ4n) is 5.83. The molecule has 3 N–H and O–H groups in total. The first-order valence-electron chi connectivity index (χ1n) is 14.0. The van der Waals surface area contributed by atoms with Crippen molar-refractivity contribution in [2.75, 3.05) is 19.6 Å². The Kier molecular flexibility index (Phi) is 7.90. The highest BCUT2D eigenvalue weighted by Gasteiger charge is 2.48. The lowest BCUT2D eigenvalue weighted by Crippen LogP contribution is -2.55. The van der Waals surface area contributed by atoms with Gasteiger partial charge >= 0.3 is 0 Å². The number of nitrogens with two attached hydrogens (primary N) is 1. The van der Waals surface area contributed by atoms with Gasteiger partial charge in [-0.1, -0.05) is 49.7 Å². The SMILES string of the molecule is CC(C)(Oc1ccc2c(c1)/C(=C/CCN1CC[C@](O)(c3ccc(Cl)cc3)C(C)(C)C1)c1cccnc1CO2)C(N)=O. The highest BCUT2D eigenvalue weighted by atomic mass is 35.5. The number of piperidine rings is 1. The van der Waals surface area contributed by atoms with Gasteiger partial charge in [-0.2, -0.15) is 0 Å². The molecule has 1 atom stereocenters. The third kappa shape index (κ3) is 5.85. The minimum Gasteiger partial charge on any atom is -0.487 e. The van der Waals surface area contributed by atoms with Gasteiger partial charge in [0.25, 0.3) is 5.91 Å². The second kappa shape index (κ2) is 11.1. The van der Waals surface area contributed by atoms with E-state index in [9.17, 15) is 9.90 Å². The summed E-state index contributed by atoms with van der Waals surface area (Å²) in [6, 6.07) is 17.1. The van der Waals surface area contributed by atoms with Crippen molar-refractivity contribution in [3.8, 4) is 11.5 Å². The smallest absolute Gasteiger partial charge is 0.261 e. The number of aliphatic hydroxyl groups is 1. The van der Waals surface area contributed by atoms with E-state index in [1.165, 1.54) is 0 Å². The number of ether oxygens (including phenoxy) is 2. The maximum absolute atomic E-state index is 11.9. The first kappa shape index (κ1) is 29.1. The minimum absolute atomic E-state index is 0.356. The predicted molar refractivity (Wildman–Crippen MR) is 161 cm³/mol. The van der Waals surface area contributed by atoms with Crippen LogP contribution in [0.25, 0.3) is 5.57 Å². The maximum atomic E-state index is 11.9. The molecule has 41 heavy (non-hydrogen) atoms. The first-order valence-corrected chi connectivity index (χ1v) is 14.4. The molecule has 0 bridgehead atoms. The highest BCUT2D eigenvalue weighted by Crippen LogP contribution is 2.46. The molecule has 0 spiro atoms. The minimum atomic E-state index is -1.15. The number of amides is 1. The van der Waals surface area contributed by atoms with Crippen molar-refractivity contribution in [2.24, 2.45) is 11.1 Å². The van der Waals surface area contributed by atoms with Crippen molar-refractivity contribution >= 4 is 23.1 Å². The number of hydrogen-bond donors (Lipinski definition) is 2. The number of rotatable bonds is 7. The van der Waals surface area contributed by atoms with Gasteiger partial charge in [0.05, 0.1) is 11.3 Å². The Morgan fingerprint density at radius 2 is 1.95 bits per heavy atom. The number of fused-ring (bicyclic) bond motifs is 2. The quantitative estimate of drug-likeness (QED) is 0.374. The van der Waals surface area contributed by atoms with Crippen LogP contribution >= 0.6 is 11.6 Å². The summed E-state index contributed by atoms with van der Waals surface area (Å²) in [5.74, 6) is 0.723. The van der Waals surface area contributed by atoms with Gasteiger partial charge < -0.3 is 25.2 Å². The molecule has 1 aromatic heterocycles. The number of carbonyl (C=O) groups is 1. The van der Waals surface area contributed by atoms with Crippen molar-refractivity contribution < 1.29 is 19.4 Å². The topological polar surface area (TPSA) is 97.9 Å². The van der Waals surface area contributed by atoms with Crippen molar-refractivity contribution in [3.05, 3.63) is 94.3 Å². The summed E-state index contributed by atoms with van der Waals surface area (Å²) in [6.45, 7) is 10.3. The molecule has 0 saturated carbocycles. The Morgan fingerprint density at radius 3 is 2.66 bits per heavy atom. The highest BCUT2D eigenvalue weighted by molar-refractivity contribution is 6.30. The summed E-state index contributed by atoms with van der Waals surface area (Å²) in [4.78, 5) is 18.9. The van der Waals surface area contributed by atoms with Gasteiger partial charge in [-0.15, -0.1) is 0 Å². The van der Waals surface area contributed by atoms with E-state index in [1.807, 2.05) is 42.5 Å². The zero-order valence-corrected chi connectivity index (χ0v) is 24.9. The van der Waals surface area contributed by atoms with Gasteiger partial charge in [0.2, 0.25) is 0 Å². The summed E-state index contributed by atoms with van der Waals surface area (Å²) in [6.07, 6.45) is 5.43. The Hall–Kier alpha value is -3.39. The fourth-order valence-corrected chi connectivity index (χ4v) is 5.96. The summed E-state index contributed by atoms with van der Waals surface area (Å²) >= 11 is 6.10. The van der Waals surface area contributed by atoms with Gasteiger partial charge in [0.15, 0.2) is 5.60 Å². The lowest BCUT2D eigenvalue weighted by Gasteiger charge is -2.50. The molecule has 0 unspecified atom stereocenters. The molecular weight excluding hydrogens is 538 g/mol. The van der Waals surface area contributed by atoms with E-state index in [4.69, 9.17) is 26.8 Å². The van der Waals surface area contributed by atoms with Crippen LogP contribution in [0.5, 0.6) is 11.5 Å². The van der Waals surface area contributed by atoms with E-state index in [0.29, 0.717) is 23.8 Å². The van der Waals surface area contributed by atoms with Crippen LogP contribution in [0.1, 0.15) is 62.9 Å². The number of halogens is 1. The van der Waals surface area contributed by atoms with Crippen molar-refractivity contribution in [1.29, 1.82) is 0 Å². The molecule has 2 aromatic carbocycles. The van der Waals surface area contributed by atoms with Crippen LogP contribution < -0.4 is 15.2 Å². The van der Waals surface area contributed by atoms with Crippen LogP contribution in [0.3, 0.4) is 0 Å². The third-order valence-corrected chi connectivity index (χ3v) is 8.65. The zero-order chi connectivity index (χ0) is 29.4. The number of aromatic nitrogens is 1. The monoisotopic (exact) mass is 575 g/mol. The van der Waals surface area contributed by atoms with Crippen LogP contribution in [0.4, 0.5) is 0 Å². The molecule has 1 saturated heterocycles. The lowest BCUT2D eigenvalue weighted by molar-refractivity contribution is -0.130. The van der Waals surface area contributed by atoms with Crippen LogP contribution in [-0.2, 0) is 17.0 Å². The van der Waals surface area contributed by atoms with Gasteiger partial charge in [-0.3, -0.25) is 9.78 Å². The fraction of sp³-hybridized carbons (Fsp3) is 0.394. The lowest BCUT2D eigenvalue weighted by atomic mass is 9.66. The van der Waals surface area contributed by atoms with Gasteiger partial charge in [-0.25, -0.2) is 0 Å². The summed E-state index contributed by atoms with van der Waals surface area (Å²) in [5.41, 5.74) is 7.78. The molecule has 8 heteroatoms. The van der Waals surface area contributed by atoms with E-state index >= 15 is 0 Å². The standard InChI is InChI=1S/C33H38ClN3O4/c1-31(2)21-37(18-15-33(31,39)22-9-11-23(34)12-10-22)17-6-8-25-26-7-5-16-36-28(26)20-40-29-14-13-24(19-27(25)29)41-32(3,4)30(35)38/h5,7-14,16,19,39H,6,15,17-18,20-21H2,1-4H3,(H2,35,38)/b25-8+/t33-/m0/s1. The van der Waals surface area contributed by atoms with Crippen molar-refractivity contribution in [2.45, 2.75) is 58.3 Å². The van der Waals surface area contributed by atoms with Crippen LogP contribution in [0.2, 0.25) is 5.02 Å². The van der Waals surface area contributed by atoms with Crippen molar-refractivity contribution in [3.63, 3.8) is 0 Å². The number of nitrogens with zero attached hydrogens (tertiary/aromatic N) is 2. The van der Waals surface area contributed by atoms with Crippen LogP contribution in [0.15, 0.2) is 66.9 Å². The van der Waals surface area contributed by atoms with E-state index < -0.39 is 17.1 Å². The Morgan fingerprint density at radius 1 is 1.20 bits per heavy atom. The molecule has 0 aliphatic carbocycles. The number of pyridine rings is 1. The number of carbonyl (C=O) groups excluding carboxylic acids is 1. The van der Waals surface area contributed by atoms with E-state index in [1.54, 1.807) is 26.1 Å². The Balaban J connectivity index is 1.39. The molecule has 3 aromatic rings. The maximum Gasteiger partial charge on any atom is 0.261 e. The first-order chi connectivity index (χ1) is 19.4. The molecule has 216 valence electrons. The van der Waals surface area contributed by atoms with Gasteiger partial charge in [0.1, 0.15) is 18.1 Å². The van der Waals surface area contributed by atoms with E-state index in [-0.39, 0.29) is 5.41 Å². The second-order valence-electron chi connectivity index (χ2n) is 12.1. The van der Waals surface area contributed by atoms with Gasteiger partial charge in [0, 0.05) is 47.4 Å². The second-order valence-corrected chi connectivity index (χ2v) is 12.5. The predicted octanol–water partition coefficient (Wildman–Crippen LogP) is 5.71. The van der Waals surface area contributed by atoms with E-state index in [0.717, 1.165) is 59.8 Å². The molecule has 7 nitrogen and oxygen atoms in total. The average Bonchev–Trinajstić information content (AvgIpc) is 3.07. The normalized spacial score (nSPS) is 21.4.